The number of rotatable bonds is 4. The second-order valence-corrected chi connectivity index (χ2v) is 8.77. The van der Waals surface area contributed by atoms with Crippen LogP contribution in [0.3, 0.4) is 0 Å². The molecule has 4 rings (SSSR count). The summed E-state index contributed by atoms with van der Waals surface area (Å²) in [5.41, 5.74) is -0.774. The quantitative estimate of drug-likeness (QED) is 0.547. The van der Waals surface area contributed by atoms with Gasteiger partial charge in [-0.1, -0.05) is 13.0 Å². The number of aliphatic hydroxyl groups is 1. The third-order valence-electron chi connectivity index (χ3n) is 6.52. The summed E-state index contributed by atoms with van der Waals surface area (Å²) in [5.74, 6) is -3.36. The molecule has 1 fully saturated rings. The van der Waals surface area contributed by atoms with Crippen molar-refractivity contribution in [3.8, 4) is 11.3 Å². The molecule has 0 bridgehead atoms. The number of carbonyl (C=O) groups excluding carboxylic acids is 1. The number of benzene rings is 1. The van der Waals surface area contributed by atoms with Crippen molar-refractivity contribution in [3.63, 3.8) is 0 Å². The Kier molecular flexibility index (Phi) is 6.21. The normalized spacial score (nSPS) is 22.7. The van der Waals surface area contributed by atoms with Gasteiger partial charge in [0.25, 0.3) is 5.91 Å². The van der Waals surface area contributed by atoms with Crippen LogP contribution in [0.1, 0.15) is 55.1 Å². The number of pyridine rings is 2. The molecule has 0 spiro atoms. The van der Waals surface area contributed by atoms with Crippen molar-refractivity contribution in [1.29, 1.82) is 0 Å². The number of hydrogen-bond acceptors (Lipinski definition) is 4. The fraction of sp³-hybridized carbons (Fsp3) is 0.320. The molecule has 8 heteroatoms. The Balaban J connectivity index is 1.62. The van der Waals surface area contributed by atoms with E-state index in [1.54, 1.807) is 6.20 Å². The smallest absolute Gasteiger partial charge is 0.274 e. The van der Waals surface area contributed by atoms with Gasteiger partial charge in [0, 0.05) is 6.20 Å². The Morgan fingerprint density at radius 1 is 1.12 bits per heavy atom. The summed E-state index contributed by atoms with van der Waals surface area (Å²) in [6.45, 7) is 3.83. The molecule has 3 aromatic rings. The maximum atomic E-state index is 14.4. The molecule has 2 N–H and O–H groups in total. The average molecular weight is 455 g/mol. The maximum absolute atomic E-state index is 14.4. The van der Waals surface area contributed by atoms with E-state index >= 15 is 0 Å². The van der Waals surface area contributed by atoms with Gasteiger partial charge < -0.3 is 10.4 Å². The van der Waals surface area contributed by atoms with E-state index in [4.69, 9.17) is 0 Å². The SMILES string of the molecule is C[C@@H]1C[C@H](c2ccncc2NC(=O)c2ccc(F)c(-c3c(F)cccc3F)n2)CC[C@@]1(C)O. The van der Waals surface area contributed by atoms with E-state index in [2.05, 4.69) is 15.3 Å². The standard InChI is InChI=1S/C25H24F3N3O2/c1-14-12-15(8-10-25(14,2)33)16-9-11-29-13-21(16)31-24(32)20-7-6-19(28)23(30-20)22-17(26)4-3-5-18(22)27/h3-7,9,11,13-15,33H,8,10,12H2,1-2H3,(H,31,32)/t14-,15-,25-/m1/s1. The molecule has 0 radical (unpaired) electrons. The first kappa shape index (κ1) is 22.9. The highest BCUT2D eigenvalue weighted by atomic mass is 19.1. The topological polar surface area (TPSA) is 75.1 Å². The number of carbonyl (C=O) groups is 1. The van der Waals surface area contributed by atoms with Gasteiger partial charge in [-0.2, -0.15) is 0 Å². The van der Waals surface area contributed by atoms with Gasteiger partial charge >= 0.3 is 0 Å². The van der Waals surface area contributed by atoms with Crippen LogP contribution in [-0.2, 0) is 0 Å². The first-order chi connectivity index (χ1) is 15.7. The van der Waals surface area contributed by atoms with Crippen LogP contribution in [0.5, 0.6) is 0 Å². The molecular weight excluding hydrogens is 431 g/mol. The Bertz CT molecular complexity index is 1180. The maximum Gasteiger partial charge on any atom is 0.274 e. The summed E-state index contributed by atoms with van der Waals surface area (Å²) in [4.78, 5) is 20.9. The largest absolute Gasteiger partial charge is 0.390 e. The first-order valence-electron chi connectivity index (χ1n) is 10.8. The van der Waals surface area contributed by atoms with Crippen molar-refractivity contribution in [2.24, 2.45) is 5.92 Å². The molecular formula is C25H24F3N3O2. The lowest BCUT2D eigenvalue weighted by atomic mass is 9.70. The minimum Gasteiger partial charge on any atom is -0.390 e. The highest BCUT2D eigenvalue weighted by molar-refractivity contribution is 6.03. The zero-order valence-electron chi connectivity index (χ0n) is 18.3. The summed E-state index contributed by atoms with van der Waals surface area (Å²) in [6, 6.07) is 7.10. The molecule has 1 aromatic carbocycles. The van der Waals surface area contributed by atoms with E-state index in [1.807, 2.05) is 19.9 Å². The van der Waals surface area contributed by atoms with E-state index in [1.165, 1.54) is 6.20 Å². The molecule has 172 valence electrons. The number of nitrogens with zero attached hydrogens (tertiary/aromatic N) is 2. The van der Waals surface area contributed by atoms with Gasteiger partial charge in [-0.15, -0.1) is 0 Å². The van der Waals surface area contributed by atoms with Crippen molar-refractivity contribution >= 4 is 11.6 Å². The zero-order valence-corrected chi connectivity index (χ0v) is 18.3. The monoisotopic (exact) mass is 455 g/mol. The third kappa shape index (κ3) is 4.61. The molecule has 2 aromatic heterocycles. The number of halogens is 3. The number of amides is 1. The summed E-state index contributed by atoms with van der Waals surface area (Å²) in [5, 5.41) is 13.2. The molecule has 2 heterocycles. The van der Waals surface area contributed by atoms with Crippen molar-refractivity contribution in [1.82, 2.24) is 9.97 Å². The molecule has 0 saturated heterocycles. The third-order valence-corrected chi connectivity index (χ3v) is 6.52. The van der Waals surface area contributed by atoms with Gasteiger partial charge in [0.1, 0.15) is 28.8 Å². The van der Waals surface area contributed by atoms with Crippen LogP contribution < -0.4 is 5.32 Å². The predicted octanol–water partition coefficient (Wildman–Crippen LogP) is 5.47. The minimum absolute atomic E-state index is 0.0740. The van der Waals surface area contributed by atoms with Crippen molar-refractivity contribution in [3.05, 3.63) is 77.5 Å². The van der Waals surface area contributed by atoms with Crippen molar-refractivity contribution < 1.29 is 23.1 Å². The number of hydrogen-bond donors (Lipinski definition) is 2. The van der Waals surface area contributed by atoms with E-state index in [0.717, 1.165) is 48.7 Å². The zero-order chi connectivity index (χ0) is 23.8. The lowest BCUT2D eigenvalue weighted by molar-refractivity contribution is -0.0294. The van der Waals surface area contributed by atoms with Crippen LogP contribution in [0.2, 0.25) is 0 Å². The Labute approximate surface area is 189 Å². The Hall–Kier alpha value is -3.26. The Morgan fingerprint density at radius 3 is 2.55 bits per heavy atom. The van der Waals surface area contributed by atoms with Crippen molar-refractivity contribution in [2.45, 2.75) is 44.6 Å². The summed E-state index contributed by atoms with van der Waals surface area (Å²) >= 11 is 0. The second kappa shape index (κ2) is 8.94. The Morgan fingerprint density at radius 2 is 1.85 bits per heavy atom. The van der Waals surface area contributed by atoms with E-state index < -0.39 is 40.2 Å². The molecule has 1 amide bonds. The van der Waals surface area contributed by atoms with E-state index in [9.17, 15) is 23.1 Å². The van der Waals surface area contributed by atoms with Gasteiger partial charge in [-0.25, -0.2) is 18.2 Å². The lowest BCUT2D eigenvalue weighted by Gasteiger charge is -2.39. The molecule has 1 saturated carbocycles. The van der Waals surface area contributed by atoms with E-state index in [-0.39, 0.29) is 17.5 Å². The molecule has 33 heavy (non-hydrogen) atoms. The van der Waals surface area contributed by atoms with Crippen LogP contribution in [0.15, 0.2) is 48.8 Å². The average Bonchev–Trinajstić information content (AvgIpc) is 2.77. The molecule has 5 nitrogen and oxygen atoms in total. The van der Waals surface area contributed by atoms with Crippen LogP contribution in [-0.4, -0.2) is 26.6 Å². The first-order valence-corrected chi connectivity index (χ1v) is 10.8. The van der Waals surface area contributed by atoms with Crippen LogP contribution in [0.4, 0.5) is 18.9 Å². The predicted molar refractivity (Wildman–Crippen MR) is 118 cm³/mol. The fourth-order valence-electron chi connectivity index (χ4n) is 4.31. The lowest BCUT2D eigenvalue weighted by Crippen LogP contribution is -2.38. The number of anilines is 1. The molecule has 1 aliphatic rings. The highest BCUT2D eigenvalue weighted by Gasteiger charge is 2.36. The van der Waals surface area contributed by atoms with E-state index in [0.29, 0.717) is 12.1 Å². The molecule has 3 atom stereocenters. The number of nitrogens with one attached hydrogen (secondary N) is 1. The second-order valence-electron chi connectivity index (χ2n) is 8.77. The summed E-state index contributed by atoms with van der Waals surface area (Å²) in [6.07, 6.45) is 5.27. The minimum atomic E-state index is -0.976. The highest BCUT2D eigenvalue weighted by Crippen LogP contribution is 2.43. The van der Waals surface area contributed by atoms with Crippen LogP contribution in [0, 0.1) is 23.4 Å². The van der Waals surface area contributed by atoms with Crippen LogP contribution >= 0.6 is 0 Å². The van der Waals surface area contributed by atoms with Gasteiger partial charge in [-0.05, 0) is 73.9 Å². The van der Waals surface area contributed by atoms with Gasteiger partial charge in [-0.3, -0.25) is 9.78 Å². The molecule has 0 unspecified atom stereocenters. The van der Waals surface area contributed by atoms with Crippen molar-refractivity contribution in [2.75, 3.05) is 5.32 Å². The van der Waals surface area contributed by atoms with Gasteiger partial charge in [0.15, 0.2) is 0 Å². The molecule has 0 aliphatic heterocycles. The molecule has 1 aliphatic carbocycles. The summed E-state index contributed by atoms with van der Waals surface area (Å²) < 4.78 is 42.7. The van der Waals surface area contributed by atoms with Gasteiger partial charge in [0.05, 0.1) is 23.0 Å². The fourth-order valence-corrected chi connectivity index (χ4v) is 4.31. The van der Waals surface area contributed by atoms with Crippen LogP contribution in [0.25, 0.3) is 11.3 Å². The summed E-state index contributed by atoms with van der Waals surface area (Å²) in [7, 11) is 0. The van der Waals surface area contributed by atoms with Gasteiger partial charge in [0.2, 0.25) is 0 Å². The number of aromatic nitrogens is 2.